The fourth-order valence-electron chi connectivity index (χ4n) is 1.83. The maximum atomic E-state index is 11.4. The summed E-state index contributed by atoms with van der Waals surface area (Å²) in [5.41, 5.74) is 6.42. The first-order valence-electron chi connectivity index (χ1n) is 6.09. The molecule has 0 aromatic heterocycles. The van der Waals surface area contributed by atoms with Crippen LogP contribution in [0.4, 0.5) is 4.79 Å². The topological polar surface area (TPSA) is 59.6 Å². The lowest BCUT2D eigenvalue weighted by Crippen LogP contribution is -2.47. The molecule has 1 aliphatic heterocycles. The van der Waals surface area contributed by atoms with E-state index in [1.165, 1.54) is 0 Å². The largest absolute Gasteiger partial charge is 0.444 e. The fraction of sp³-hybridized carbons (Fsp3) is 0.462. The third-order valence-corrected chi connectivity index (χ3v) is 2.95. The Hall–Kier alpha value is -1.59. The molecular formula is C13H18N2O3. The van der Waals surface area contributed by atoms with E-state index in [1.54, 1.807) is 0 Å². The van der Waals surface area contributed by atoms with Crippen molar-refractivity contribution in [2.75, 3.05) is 6.61 Å². The van der Waals surface area contributed by atoms with E-state index in [1.807, 2.05) is 37.3 Å². The summed E-state index contributed by atoms with van der Waals surface area (Å²) in [6.07, 6.45) is 0.525. The van der Waals surface area contributed by atoms with Gasteiger partial charge in [0.1, 0.15) is 6.61 Å². The third-order valence-electron chi connectivity index (χ3n) is 2.95. The van der Waals surface area contributed by atoms with Gasteiger partial charge in [-0.25, -0.2) is 10.2 Å². The normalized spacial score (nSPS) is 22.7. The van der Waals surface area contributed by atoms with Crippen molar-refractivity contribution in [1.29, 1.82) is 0 Å². The second-order valence-electron chi connectivity index (χ2n) is 4.30. The van der Waals surface area contributed by atoms with Crippen LogP contribution in [0.5, 0.6) is 0 Å². The van der Waals surface area contributed by atoms with Crippen molar-refractivity contribution in [2.45, 2.75) is 32.1 Å². The zero-order chi connectivity index (χ0) is 12.8. The molecule has 0 spiro atoms. The van der Waals surface area contributed by atoms with E-state index in [4.69, 9.17) is 9.47 Å². The van der Waals surface area contributed by atoms with Crippen molar-refractivity contribution in [2.24, 2.45) is 0 Å². The molecule has 0 aliphatic carbocycles. The molecule has 2 atom stereocenters. The molecule has 1 amide bonds. The van der Waals surface area contributed by atoms with Gasteiger partial charge in [-0.05, 0) is 18.9 Å². The van der Waals surface area contributed by atoms with Crippen molar-refractivity contribution < 1.29 is 14.3 Å². The number of amides is 1. The third kappa shape index (κ3) is 3.72. The van der Waals surface area contributed by atoms with Crippen LogP contribution in [-0.2, 0) is 16.1 Å². The van der Waals surface area contributed by atoms with Gasteiger partial charge in [-0.1, -0.05) is 30.3 Å². The maximum absolute atomic E-state index is 11.4. The minimum Gasteiger partial charge on any atom is -0.444 e. The molecule has 1 fully saturated rings. The smallest absolute Gasteiger partial charge is 0.421 e. The van der Waals surface area contributed by atoms with Crippen LogP contribution >= 0.6 is 0 Å². The van der Waals surface area contributed by atoms with Gasteiger partial charge in [0.15, 0.2) is 0 Å². The molecule has 2 rings (SSSR count). The van der Waals surface area contributed by atoms with Crippen LogP contribution < -0.4 is 10.9 Å². The Morgan fingerprint density at radius 1 is 1.44 bits per heavy atom. The summed E-state index contributed by atoms with van der Waals surface area (Å²) in [4.78, 5) is 11.4. The molecule has 5 heteroatoms. The average molecular weight is 250 g/mol. The molecule has 1 heterocycles. The molecule has 0 radical (unpaired) electrons. The molecule has 5 nitrogen and oxygen atoms in total. The summed E-state index contributed by atoms with van der Waals surface area (Å²) in [6, 6.07) is 9.71. The van der Waals surface area contributed by atoms with Gasteiger partial charge in [0.05, 0.1) is 12.1 Å². The summed E-state index contributed by atoms with van der Waals surface area (Å²) >= 11 is 0. The molecule has 1 saturated heterocycles. The zero-order valence-electron chi connectivity index (χ0n) is 10.4. The average Bonchev–Trinajstić information content (AvgIpc) is 2.81. The number of hydrogen-bond acceptors (Lipinski definition) is 4. The van der Waals surface area contributed by atoms with E-state index in [2.05, 4.69) is 10.9 Å². The van der Waals surface area contributed by atoms with E-state index in [0.717, 1.165) is 18.6 Å². The van der Waals surface area contributed by atoms with Gasteiger partial charge in [-0.15, -0.1) is 0 Å². The number of carbonyl (C=O) groups is 1. The van der Waals surface area contributed by atoms with Crippen LogP contribution in [-0.4, -0.2) is 24.8 Å². The van der Waals surface area contributed by atoms with Gasteiger partial charge >= 0.3 is 6.09 Å². The van der Waals surface area contributed by atoms with Crippen LogP contribution in [0.3, 0.4) is 0 Å². The Labute approximate surface area is 106 Å². The number of hydrogen-bond donors (Lipinski definition) is 2. The number of nitrogens with one attached hydrogen (secondary N) is 2. The lowest BCUT2D eigenvalue weighted by molar-refractivity contribution is 0.104. The summed E-state index contributed by atoms with van der Waals surface area (Å²) < 4.78 is 10.4. The minimum atomic E-state index is -0.474. The number of hydrazine groups is 1. The highest BCUT2D eigenvalue weighted by Crippen LogP contribution is 2.11. The second-order valence-corrected chi connectivity index (χ2v) is 4.30. The number of carbonyl (C=O) groups excluding carboxylic acids is 1. The summed E-state index contributed by atoms with van der Waals surface area (Å²) in [7, 11) is 0. The summed E-state index contributed by atoms with van der Waals surface area (Å²) in [5, 5.41) is 0. The van der Waals surface area contributed by atoms with Crippen molar-refractivity contribution in [3.63, 3.8) is 0 Å². The predicted molar refractivity (Wildman–Crippen MR) is 66.7 cm³/mol. The first-order chi connectivity index (χ1) is 8.75. The Morgan fingerprint density at radius 2 is 2.22 bits per heavy atom. The quantitative estimate of drug-likeness (QED) is 0.797. The van der Waals surface area contributed by atoms with Crippen LogP contribution in [0.25, 0.3) is 0 Å². The van der Waals surface area contributed by atoms with E-state index in [9.17, 15) is 4.79 Å². The Kier molecular flexibility index (Phi) is 4.55. The van der Waals surface area contributed by atoms with Crippen molar-refractivity contribution in [1.82, 2.24) is 10.9 Å². The van der Waals surface area contributed by atoms with E-state index in [-0.39, 0.29) is 18.8 Å². The van der Waals surface area contributed by atoms with Gasteiger partial charge in [-0.2, -0.15) is 0 Å². The van der Waals surface area contributed by atoms with Gasteiger partial charge in [-0.3, -0.25) is 5.43 Å². The van der Waals surface area contributed by atoms with Crippen LogP contribution in [0, 0.1) is 0 Å². The Morgan fingerprint density at radius 3 is 2.89 bits per heavy atom. The van der Waals surface area contributed by atoms with Crippen LogP contribution in [0.1, 0.15) is 18.9 Å². The molecule has 1 unspecified atom stereocenters. The molecule has 2 N–H and O–H groups in total. The molecule has 1 aromatic carbocycles. The van der Waals surface area contributed by atoms with Gasteiger partial charge < -0.3 is 9.47 Å². The zero-order valence-corrected chi connectivity index (χ0v) is 10.4. The molecule has 0 saturated carbocycles. The lowest BCUT2D eigenvalue weighted by atomic mass is 10.2. The summed E-state index contributed by atoms with van der Waals surface area (Å²) in [5.74, 6) is 0. The van der Waals surface area contributed by atoms with Gasteiger partial charge in [0.25, 0.3) is 0 Å². The van der Waals surface area contributed by atoms with E-state index in [0.29, 0.717) is 0 Å². The molecule has 0 bridgehead atoms. The van der Waals surface area contributed by atoms with Crippen LogP contribution in [0.2, 0.25) is 0 Å². The van der Waals surface area contributed by atoms with Crippen LogP contribution in [0.15, 0.2) is 30.3 Å². The van der Waals surface area contributed by atoms with Crippen molar-refractivity contribution in [3.8, 4) is 0 Å². The molecule has 18 heavy (non-hydrogen) atoms. The molecular weight excluding hydrogens is 232 g/mol. The second kappa shape index (κ2) is 6.37. The SMILES string of the molecule is C[C@@H]1OCCC1NNC(=O)OCc1ccccc1. The maximum Gasteiger partial charge on any atom is 0.421 e. The first kappa shape index (κ1) is 12.9. The lowest BCUT2D eigenvalue weighted by Gasteiger charge is -2.16. The molecule has 1 aliphatic rings. The van der Waals surface area contributed by atoms with E-state index >= 15 is 0 Å². The highest BCUT2D eigenvalue weighted by atomic mass is 16.6. The Bertz CT molecular complexity index is 383. The van der Waals surface area contributed by atoms with Gasteiger partial charge in [0, 0.05) is 6.61 Å². The van der Waals surface area contributed by atoms with Crippen molar-refractivity contribution in [3.05, 3.63) is 35.9 Å². The monoisotopic (exact) mass is 250 g/mol. The number of rotatable bonds is 4. The Balaban J connectivity index is 1.66. The fourth-order valence-corrected chi connectivity index (χ4v) is 1.83. The first-order valence-corrected chi connectivity index (χ1v) is 6.09. The highest BCUT2D eigenvalue weighted by Gasteiger charge is 2.24. The van der Waals surface area contributed by atoms with Gasteiger partial charge in [0.2, 0.25) is 0 Å². The predicted octanol–water partition coefficient (Wildman–Crippen LogP) is 1.59. The standard InChI is InChI=1S/C13H18N2O3/c1-10-12(7-8-17-10)14-15-13(16)18-9-11-5-3-2-4-6-11/h2-6,10,12,14H,7-9H2,1H3,(H,15,16)/t10-,12?/m0/s1. The number of ether oxygens (including phenoxy) is 2. The minimum absolute atomic E-state index is 0.111. The molecule has 98 valence electrons. The highest BCUT2D eigenvalue weighted by molar-refractivity contribution is 5.66. The molecule has 1 aromatic rings. The summed E-state index contributed by atoms with van der Waals surface area (Å²) in [6.45, 7) is 2.96. The number of benzene rings is 1. The van der Waals surface area contributed by atoms with E-state index < -0.39 is 6.09 Å². The van der Waals surface area contributed by atoms with Crippen molar-refractivity contribution >= 4 is 6.09 Å².